The molecule has 8 rings (SSSR count). The molecule has 7 N–H and O–H groups in total. The van der Waals surface area contributed by atoms with Crippen molar-refractivity contribution in [2.75, 3.05) is 85.2 Å². The van der Waals surface area contributed by atoms with Crippen LogP contribution in [0.2, 0.25) is 0 Å². The van der Waals surface area contributed by atoms with Crippen molar-refractivity contribution in [3.05, 3.63) is 94.6 Å². The molecule has 4 saturated heterocycles. The predicted octanol–water partition coefficient (Wildman–Crippen LogP) is 7.54. The summed E-state index contributed by atoms with van der Waals surface area (Å²) in [5, 5.41) is 26.9. The number of carbonyl (C=O) groups excluding carboxylic acids is 3. The molecule has 18 nitrogen and oxygen atoms in total. The van der Waals surface area contributed by atoms with E-state index in [0.717, 1.165) is 24.3 Å². The number of alkyl carbamates (subject to hydrolysis) is 1. The van der Waals surface area contributed by atoms with Crippen molar-refractivity contribution in [3.63, 3.8) is 0 Å². The molecule has 4 atom stereocenters. The van der Waals surface area contributed by atoms with Crippen LogP contribution in [0.15, 0.2) is 60.7 Å². The highest BCUT2D eigenvalue weighted by Gasteiger charge is 2.44. The van der Waals surface area contributed by atoms with Crippen molar-refractivity contribution < 1.29 is 82.0 Å². The Morgan fingerprint density at radius 1 is 0.565 bits per heavy atom. The Morgan fingerprint density at radius 2 is 0.941 bits per heavy atom. The molecule has 0 saturated carbocycles. The lowest BCUT2D eigenvalue weighted by atomic mass is 9.98. The highest BCUT2D eigenvalue weighted by Crippen LogP contribution is 2.37. The van der Waals surface area contributed by atoms with Gasteiger partial charge < -0.3 is 56.2 Å². The zero-order chi connectivity index (χ0) is 62.2. The number of halogens is 12. The monoisotopic (exact) mass is 1220 g/mol. The molecule has 3 amide bonds. The molecule has 0 spiro atoms. The molecule has 4 fully saturated rings. The van der Waals surface area contributed by atoms with Crippen LogP contribution in [-0.4, -0.2) is 143 Å². The number of ether oxygens (including phenoxy) is 1. The second kappa shape index (κ2) is 27.2. The summed E-state index contributed by atoms with van der Waals surface area (Å²) in [5.41, 5.74) is 4.82. The summed E-state index contributed by atoms with van der Waals surface area (Å²) in [5.74, 6) is -3.71. The third-order valence-electron chi connectivity index (χ3n) is 14.8. The van der Waals surface area contributed by atoms with Gasteiger partial charge in [0.15, 0.2) is 0 Å². The number of alkyl halides is 12. The van der Waals surface area contributed by atoms with E-state index in [2.05, 4.69) is 35.9 Å². The van der Waals surface area contributed by atoms with Crippen molar-refractivity contribution in [1.82, 2.24) is 35.9 Å². The van der Waals surface area contributed by atoms with E-state index < -0.39 is 95.2 Å². The van der Waals surface area contributed by atoms with Crippen LogP contribution < -0.4 is 41.3 Å². The van der Waals surface area contributed by atoms with Gasteiger partial charge in [-0.25, -0.2) is 24.7 Å². The highest BCUT2D eigenvalue weighted by molar-refractivity contribution is 5.87. The lowest BCUT2D eigenvalue weighted by molar-refractivity contribution is -0.145. The first-order valence-corrected chi connectivity index (χ1v) is 27.6. The van der Waals surface area contributed by atoms with Gasteiger partial charge in [-0.1, -0.05) is 24.3 Å². The molecule has 0 radical (unpaired) electrons. The number of aliphatic hydroxyl groups is 2. The minimum absolute atomic E-state index is 0.0119. The third kappa shape index (κ3) is 18.3. The third-order valence-corrected chi connectivity index (χ3v) is 14.8. The van der Waals surface area contributed by atoms with Crippen LogP contribution in [0.3, 0.4) is 0 Å². The van der Waals surface area contributed by atoms with Gasteiger partial charge in [0.05, 0.1) is 17.2 Å². The van der Waals surface area contributed by atoms with Crippen LogP contribution in [0.5, 0.6) is 0 Å². The number of hydrogen-bond donors (Lipinski definition) is 6. The van der Waals surface area contributed by atoms with Crippen molar-refractivity contribution in [3.8, 4) is 0 Å². The Hall–Kier alpha value is -6.95. The van der Waals surface area contributed by atoms with Crippen LogP contribution in [0.1, 0.15) is 93.2 Å². The van der Waals surface area contributed by atoms with Gasteiger partial charge in [0.25, 0.3) is 0 Å². The van der Waals surface area contributed by atoms with Crippen molar-refractivity contribution in [1.29, 1.82) is 0 Å². The summed E-state index contributed by atoms with van der Waals surface area (Å²) < 4.78 is 165. The van der Waals surface area contributed by atoms with E-state index in [1.54, 1.807) is 30.6 Å². The lowest BCUT2D eigenvalue weighted by Crippen LogP contribution is -2.44. The number of amides is 3. The molecule has 2 aromatic heterocycles. The Kier molecular flexibility index (Phi) is 21.0. The normalized spacial score (nSPS) is 20.3. The van der Waals surface area contributed by atoms with E-state index in [0.29, 0.717) is 63.0 Å². The number of aliphatic hydroxyl groups excluding tert-OH is 2. The number of carbonyl (C=O) groups is 3. The standard InChI is InChI=1S/C30H38F6N6O4.C25H30F6N6O2/c1-28(2,3)46-27(45)38-21-14-22(25(44)37-11-8-18-4-6-20(7-5-18)29(31,32)33)42(16-21)24-15-23(39-26(40-24)30(34,35)36)41-12-9-19(17-43)10-13-41;26-24(27,28)17-3-1-15(2-4-17)5-8-33-22(39)19-11-18(32)13-37(19)21-12-20(34-23(35-21)25(29,30)31)36-9-6-16(14-38)7-10-36/h4-7,15,19,21-22,43H,8-14,16-17H2,1-3H3,(H,37,44)(H,38,45);1-4,12,16,18-19,38H,5-11,13-14,32H2,(H,33,39)/t21-,22?;18-,19?/m11/s1. The number of nitrogens with two attached hydrogens (primary N) is 1. The maximum atomic E-state index is 14.0. The minimum Gasteiger partial charge on any atom is -0.444 e. The molecular weight excluding hydrogens is 1150 g/mol. The second-order valence-electron chi connectivity index (χ2n) is 22.4. The van der Waals surface area contributed by atoms with Gasteiger partial charge in [0.1, 0.15) is 41.0 Å². The minimum atomic E-state index is -4.89. The summed E-state index contributed by atoms with van der Waals surface area (Å²) in [4.78, 5) is 60.3. The largest absolute Gasteiger partial charge is 0.451 e. The fraction of sp³-hybridized carbons (Fsp3) is 0.582. The quantitative estimate of drug-likeness (QED) is 0.0632. The number of aromatic nitrogens is 4. The zero-order valence-corrected chi connectivity index (χ0v) is 46.7. The number of nitrogens with one attached hydrogen (secondary N) is 3. The first kappa shape index (κ1) is 65.6. The Balaban J connectivity index is 0.000000247. The van der Waals surface area contributed by atoms with Gasteiger partial charge in [-0.05, 0) is 119 Å². The van der Waals surface area contributed by atoms with E-state index >= 15 is 0 Å². The van der Waals surface area contributed by atoms with Gasteiger partial charge in [0.2, 0.25) is 23.5 Å². The first-order valence-electron chi connectivity index (χ1n) is 27.6. The van der Waals surface area contributed by atoms with E-state index in [1.165, 1.54) is 46.2 Å². The average Bonchev–Trinajstić information content (AvgIpc) is 2.44. The van der Waals surface area contributed by atoms with E-state index in [9.17, 15) is 77.3 Å². The maximum Gasteiger partial charge on any atom is 0.451 e. The summed E-state index contributed by atoms with van der Waals surface area (Å²) in [6.45, 7) is 6.80. The van der Waals surface area contributed by atoms with E-state index in [1.807, 2.05) is 0 Å². The summed E-state index contributed by atoms with van der Waals surface area (Å²) in [7, 11) is 0. The molecule has 30 heteroatoms. The van der Waals surface area contributed by atoms with Gasteiger partial charge in [-0.3, -0.25) is 9.59 Å². The van der Waals surface area contributed by atoms with Gasteiger partial charge in [0, 0.05) is 83.7 Å². The van der Waals surface area contributed by atoms with Crippen LogP contribution >= 0.6 is 0 Å². The van der Waals surface area contributed by atoms with Crippen LogP contribution in [0.4, 0.5) is 80.8 Å². The fourth-order valence-corrected chi connectivity index (χ4v) is 10.3. The lowest BCUT2D eigenvalue weighted by Gasteiger charge is -2.33. The van der Waals surface area contributed by atoms with Crippen LogP contribution in [0.25, 0.3) is 0 Å². The van der Waals surface area contributed by atoms with Crippen molar-refractivity contribution in [2.24, 2.45) is 17.6 Å². The molecule has 2 aromatic carbocycles. The molecule has 6 heterocycles. The van der Waals surface area contributed by atoms with Crippen LogP contribution in [-0.2, 0) is 51.9 Å². The maximum absolute atomic E-state index is 14.0. The van der Waals surface area contributed by atoms with Crippen LogP contribution in [0, 0.1) is 11.8 Å². The van der Waals surface area contributed by atoms with E-state index in [-0.39, 0.29) is 100 Å². The van der Waals surface area contributed by atoms with Gasteiger partial charge in [-0.2, -0.15) is 52.7 Å². The van der Waals surface area contributed by atoms with Gasteiger partial charge >= 0.3 is 30.8 Å². The number of anilines is 4. The number of nitrogens with zero attached hydrogens (tertiary/aromatic N) is 8. The number of benzene rings is 2. The predicted molar refractivity (Wildman–Crippen MR) is 287 cm³/mol. The SMILES string of the molecule is CC(C)(C)OC(=O)N[C@@H]1CC(C(=O)NCCc2ccc(C(F)(F)F)cc2)N(c2cc(N3CCC(CO)CC3)nc(C(F)(F)F)n2)C1.N[C@@H]1CC(C(=O)NCCc2ccc(C(F)(F)F)cc2)N(c2cc(N3CCC(CO)CC3)nc(C(F)(F)F)n2)C1. The molecule has 0 aliphatic carbocycles. The second-order valence-corrected chi connectivity index (χ2v) is 22.4. The molecule has 4 aromatic rings. The molecule has 468 valence electrons. The first-order chi connectivity index (χ1) is 39.8. The Labute approximate surface area is 481 Å². The molecule has 0 bridgehead atoms. The Bertz CT molecular complexity index is 2880. The molecular formula is C55H68F12N12O6. The Morgan fingerprint density at radius 3 is 1.31 bits per heavy atom. The topological polar surface area (TPSA) is 228 Å². The van der Waals surface area contributed by atoms with Crippen molar-refractivity contribution >= 4 is 41.2 Å². The van der Waals surface area contributed by atoms with Crippen molar-refractivity contribution in [2.45, 2.75) is 127 Å². The average molecular weight is 1220 g/mol. The number of rotatable bonds is 15. The smallest absolute Gasteiger partial charge is 0.444 e. The number of piperidine rings is 2. The summed E-state index contributed by atoms with van der Waals surface area (Å²) in [6.07, 6.45) is -16.4. The molecule has 85 heavy (non-hydrogen) atoms. The molecule has 4 aliphatic heterocycles. The highest BCUT2D eigenvalue weighted by atomic mass is 19.4. The van der Waals surface area contributed by atoms with E-state index in [4.69, 9.17) is 10.5 Å². The molecule has 2 unspecified atom stereocenters. The van der Waals surface area contributed by atoms with Gasteiger partial charge in [-0.15, -0.1) is 0 Å². The fourth-order valence-electron chi connectivity index (χ4n) is 10.3. The summed E-state index contributed by atoms with van der Waals surface area (Å²) >= 11 is 0. The number of hydrogen-bond acceptors (Lipinski definition) is 15. The summed E-state index contributed by atoms with van der Waals surface area (Å²) in [6, 6.07) is 8.81. The molecule has 4 aliphatic rings. The zero-order valence-electron chi connectivity index (χ0n) is 46.7.